The second kappa shape index (κ2) is 11.5. The zero-order valence-corrected chi connectivity index (χ0v) is 13.7. The van der Waals surface area contributed by atoms with Crippen LogP contribution in [-0.2, 0) is 0 Å². The summed E-state index contributed by atoms with van der Waals surface area (Å²) in [6, 6.07) is 0. The average Bonchev–Trinajstić information content (AvgIpc) is 2.41. The lowest BCUT2D eigenvalue weighted by Gasteiger charge is -2.15. The lowest BCUT2D eigenvalue weighted by Crippen LogP contribution is -2.29. The third-order valence-electron chi connectivity index (χ3n) is 3.69. The van der Waals surface area contributed by atoms with Crippen molar-refractivity contribution in [3.8, 4) is 0 Å². The fourth-order valence-corrected chi connectivity index (χ4v) is 2.42. The lowest BCUT2D eigenvalue weighted by atomic mass is 9.93. The molecule has 0 heterocycles. The minimum Gasteiger partial charge on any atom is -0.379 e. The van der Waals surface area contributed by atoms with Gasteiger partial charge in [0.25, 0.3) is 0 Å². The lowest BCUT2D eigenvalue weighted by molar-refractivity contribution is -0.190. The highest BCUT2D eigenvalue weighted by molar-refractivity contribution is 5.27. The zero-order chi connectivity index (χ0) is 17.0. The van der Waals surface area contributed by atoms with E-state index in [2.05, 4.69) is 13.5 Å². The molecule has 1 saturated carbocycles. The highest BCUT2D eigenvalue weighted by Crippen LogP contribution is 2.26. The van der Waals surface area contributed by atoms with Gasteiger partial charge in [-0.3, -0.25) is 0 Å². The Morgan fingerprint density at radius 2 is 1.64 bits per heavy atom. The maximum Gasteiger partial charge on any atom is 0.418 e. The summed E-state index contributed by atoms with van der Waals surface area (Å²) in [5.41, 5.74) is -0.218. The average molecular weight is 318 g/mol. The summed E-state index contributed by atoms with van der Waals surface area (Å²) in [6.07, 6.45) is 8.28. The van der Waals surface area contributed by atoms with E-state index in [1.54, 1.807) is 6.92 Å². The molecular weight excluding hydrogens is 289 g/mol. The van der Waals surface area contributed by atoms with Gasteiger partial charge in [-0.1, -0.05) is 82.8 Å². The molecule has 1 nitrogen and oxygen atoms in total. The molecule has 0 amide bonds. The van der Waals surface area contributed by atoms with Crippen molar-refractivity contribution in [3.63, 3.8) is 0 Å². The van der Waals surface area contributed by atoms with Crippen molar-refractivity contribution in [2.24, 2.45) is 5.92 Å². The highest BCUT2D eigenvalue weighted by Gasteiger charge is 2.39. The Kier molecular flexibility index (Phi) is 11.0. The number of hydrogen-bond donors (Lipinski definition) is 1. The first kappa shape index (κ1) is 21.0. The molecule has 0 saturated heterocycles. The van der Waals surface area contributed by atoms with Crippen LogP contribution in [0.5, 0.6) is 0 Å². The molecule has 22 heavy (non-hydrogen) atoms. The van der Waals surface area contributed by atoms with Gasteiger partial charge in [0, 0.05) is 0 Å². The first-order valence-corrected chi connectivity index (χ1v) is 8.03. The molecule has 1 unspecified atom stereocenters. The molecule has 1 N–H and O–H groups in total. The highest BCUT2D eigenvalue weighted by atomic mass is 19.4. The van der Waals surface area contributed by atoms with Gasteiger partial charge >= 0.3 is 6.18 Å². The summed E-state index contributed by atoms with van der Waals surface area (Å²) < 4.78 is 36.0. The van der Waals surface area contributed by atoms with E-state index in [0.717, 1.165) is 12.0 Å². The van der Waals surface area contributed by atoms with Gasteiger partial charge in [0.1, 0.15) is 0 Å². The van der Waals surface area contributed by atoms with E-state index in [1.165, 1.54) is 63.2 Å². The smallest absolute Gasteiger partial charge is 0.379 e. The molecule has 1 aliphatic carbocycles. The normalized spacial score (nSPS) is 19.8. The molecule has 0 aliphatic heterocycles. The molecule has 1 rings (SSSR count). The molecule has 0 radical (unpaired) electrons. The Bertz CT molecular complexity index is 348. The molecule has 0 spiro atoms. The van der Waals surface area contributed by atoms with Gasteiger partial charge in [-0.2, -0.15) is 13.2 Å². The molecule has 128 valence electrons. The van der Waals surface area contributed by atoms with E-state index in [-0.39, 0.29) is 5.57 Å². The van der Waals surface area contributed by atoms with E-state index in [0.29, 0.717) is 0 Å². The summed E-state index contributed by atoms with van der Waals surface area (Å²) in [4.78, 5) is 0. The Hall–Kier alpha value is -1.03. The molecule has 0 aromatic rings. The standard InChI is InChI=1S/C9H11F3O.C9H18/c1-3-5-7(6-4-2)8(13)9(10,11)12;1-9-7-5-3-2-4-6-8-9/h3-6,8,13H,1H2,2H3;9H,2-8H2,1H3/b6-4-,7-5+;. The number of halogens is 3. The number of allylic oxidation sites excluding steroid dienone is 3. The van der Waals surface area contributed by atoms with Gasteiger partial charge in [-0.15, -0.1) is 0 Å². The zero-order valence-electron chi connectivity index (χ0n) is 13.7. The van der Waals surface area contributed by atoms with Crippen LogP contribution < -0.4 is 0 Å². The van der Waals surface area contributed by atoms with Crippen LogP contribution in [0.3, 0.4) is 0 Å². The van der Waals surface area contributed by atoms with Crippen molar-refractivity contribution >= 4 is 0 Å². The molecular formula is C18H29F3O. The molecule has 1 atom stereocenters. The van der Waals surface area contributed by atoms with Crippen molar-refractivity contribution in [2.45, 2.75) is 71.1 Å². The second-order valence-electron chi connectivity index (χ2n) is 5.80. The topological polar surface area (TPSA) is 20.2 Å². The Morgan fingerprint density at radius 1 is 1.14 bits per heavy atom. The van der Waals surface area contributed by atoms with E-state index in [9.17, 15) is 13.2 Å². The predicted molar refractivity (Wildman–Crippen MR) is 86.6 cm³/mol. The van der Waals surface area contributed by atoms with Gasteiger partial charge in [0.15, 0.2) is 6.10 Å². The third-order valence-corrected chi connectivity index (χ3v) is 3.69. The summed E-state index contributed by atoms with van der Waals surface area (Å²) >= 11 is 0. The fourth-order valence-electron chi connectivity index (χ4n) is 2.42. The van der Waals surface area contributed by atoms with E-state index in [1.807, 2.05) is 0 Å². The van der Waals surface area contributed by atoms with Crippen LogP contribution in [-0.4, -0.2) is 17.4 Å². The number of rotatable bonds is 3. The minimum absolute atomic E-state index is 0.218. The van der Waals surface area contributed by atoms with Gasteiger partial charge < -0.3 is 5.11 Å². The third kappa shape index (κ3) is 9.82. The maximum absolute atomic E-state index is 12.0. The van der Waals surface area contributed by atoms with Crippen molar-refractivity contribution in [1.82, 2.24) is 0 Å². The van der Waals surface area contributed by atoms with Gasteiger partial charge in [-0.25, -0.2) is 0 Å². The number of aliphatic hydroxyl groups excluding tert-OH is 1. The molecule has 0 bridgehead atoms. The van der Waals surface area contributed by atoms with Gasteiger partial charge in [0.05, 0.1) is 0 Å². The van der Waals surface area contributed by atoms with Crippen LogP contribution in [0.4, 0.5) is 13.2 Å². The molecule has 1 aliphatic rings. The maximum atomic E-state index is 12.0. The van der Waals surface area contributed by atoms with Crippen LogP contribution in [0, 0.1) is 5.92 Å². The Balaban J connectivity index is 0.000000425. The van der Waals surface area contributed by atoms with Crippen LogP contribution in [0.15, 0.2) is 36.5 Å². The summed E-state index contributed by atoms with van der Waals surface area (Å²) in [5, 5.41) is 8.82. The monoisotopic (exact) mass is 318 g/mol. The quantitative estimate of drug-likeness (QED) is 0.636. The van der Waals surface area contributed by atoms with E-state index < -0.39 is 12.3 Å². The van der Waals surface area contributed by atoms with Crippen LogP contribution in [0.1, 0.15) is 58.8 Å². The molecule has 4 heteroatoms. The van der Waals surface area contributed by atoms with E-state index >= 15 is 0 Å². The summed E-state index contributed by atoms with van der Waals surface area (Å²) in [7, 11) is 0. The predicted octanol–water partition coefficient (Wildman–Crippen LogP) is 5.96. The molecule has 0 aromatic heterocycles. The Morgan fingerprint density at radius 3 is 2.05 bits per heavy atom. The Labute approximate surface area is 132 Å². The van der Waals surface area contributed by atoms with Crippen LogP contribution in [0.2, 0.25) is 0 Å². The van der Waals surface area contributed by atoms with Crippen molar-refractivity contribution in [2.75, 3.05) is 0 Å². The van der Waals surface area contributed by atoms with Gasteiger partial charge in [0.2, 0.25) is 0 Å². The van der Waals surface area contributed by atoms with Crippen LogP contribution >= 0.6 is 0 Å². The summed E-state index contributed by atoms with van der Waals surface area (Å²) in [5.74, 6) is 1.02. The number of alkyl halides is 3. The van der Waals surface area contributed by atoms with Gasteiger partial charge in [-0.05, 0) is 18.4 Å². The SMILES string of the molecule is C=C/C=C(\C=C/C)C(O)C(F)(F)F.CC1CCCCCCC1. The number of hydrogen-bond acceptors (Lipinski definition) is 1. The van der Waals surface area contributed by atoms with Crippen molar-refractivity contribution in [3.05, 3.63) is 36.5 Å². The summed E-state index contributed by atoms with van der Waals surface area (Å²) in [6.45, 7) is 7.22. The first-order chi connectivity index (χ1) is 10.3. The number of aliphatic hydroxyl groups is 1. The first-order valence-electron chi connectivity index (χ1n) is 8.03. The minimum atomic E-state index is -4.63. The van der Waals surface area contributed by atoms with Crippen LogP contribution in [0.25, 0.3) is 0 Å². The largest absolute Gasteiger partial charge is 0.418 e. The van der Waals surface area contributed by atoms with Crippen molar-refractivity contribution in [1.29, 1.82) is 0 Å². The van der Waals surface area contributed by atoms with E-state index in [4.69, 9.17) is 5.11 Å². The molecule has 1 fully saturated rings. The second-order valence-corrected chi connectivity index (χ2v) is 5.80. The fraction of sp³-hybridized carbons (Fsp3) is 0.667. The molecule has 0 aromatic carbocycles. The van der Waals surface area contributed by atoms with Crippen molar-refractivity contribution < 1.29 is 18.3 Å².